The highest BCUT2D eigenvalue weighted by Gasteiger charge is 2.35. The van der Waals surface area contributed by atoms with Gasteiger partial charge in [0.1, 0.15) is 5.75 Å². The number of carbonyl (C=O) groups excluding carboxylic acids is 3. The van der Waals surface area contributed by atoms with Gasteiger partial charge in [-0.2, -0.15) is 0 Å². The lowest BCUT2D eigenvalue weighted by molar-refractivity contribution is -0.121. The van der Waals surface area contributed by atoms with Crippen LogP contribution in [0.5, 0.6) is 5.75 Å². The Morgan fingerprint density at radius 3 is 2.43 bits per heavy atom. The first-order valence-electron chi connectivity index (χ1n) is 7.20. The van der Waals surface area contributed by atoms with E-state index in [0.29, 0.717) is 34.8 Å². The van der Waals surface area contributed by atoms with Crippen molar-refractivity contribution in [2.75, 3.05) is 23.0 Å². The molecule has 1 aromatic rings. The molecule has 0 saturated heterocycles. The zero-order chi connectivity index (χ0) is 16.7. The van der Waals surface area contributed by atoms with E-state index in [1.54, 1.807) is 38.1 Å². The van der Waals surface area contributed by atoms with E-state index in [1.807, 2.05) is 0 Å². The standard InChI is InChI=1S/C17H16N2O4/c1-4-7-18-13-8-12(5-6-14(13)23-9-15(18)20)19-16(21)10(2)11(3)17(19)22/h4-6,8H,1,7,9H2,2-3H3. The minimum atomic E-state index is -0.342. The smallest absolute Gasteiger partial charge is 0.265 e. The van der Waals surface area contributed by atoms with Crippen molar-refractivity contribution >= 4 is 29.1 Å². The summed E-state index contributed by atoms with van der Waals surface area (Å²) < 4.78 is 5.40. The lowest BCUT2D eigenvalue weighted by Crippen LogP contribution is -2.39. The Morgan fingerprint density at radius 2 is 1.83 bits per heavy atom. The molecule has 2 aliphatic heterocycles. The molecule has 0 aromatic heterocycles. The number of imide groups is 1. The van der Waals surface area contributed by atoms with Gasteiger partial charge in [-0.15, -0.1) is 6.58 Å². The Bertz CT molecular complexity index is 755. The first-order chi connectivity index (χ1) is 11.0. The number of anilines is 2. The fraction of sp³-hybridized carbons (Fsp3) is 0.235. The van der Waals surface area contributed by atoms with Crippen molar-refractivity contribution in [1.29, 1.82) is 0 Å². The lowest BCUT2D eigenvalue weighted by atomic mass is 10.2. The summed E-state index contributed by atoms with van der Waals surface area (Å²) in [4.78, 5) is 39.2. The van der Waals surface area contributed by atoms with Gasteiger partial charge in [-0.05, 0) is 32.0 Å². The van der Waals surface area contributed by atoms with Gasteiger partial charge in [0.25, 0.3) is 17.7 Å². The van der Waals surface area contributed by atoms with E-state index in [-0.39, 0.29) is 24.3 Å². The molecule has 2 heterocycles. The summed E-state index contributed by atoms with van der Waals surface area (Å²) in [5, 5.41) is 0. The Hall–Kier alpha value is -2.89. The lowest BCUT2D eigenvalue weighted by Gasteiger charge is -2.29. The van der Waals surface area contributed by atoms with E-state index in [9.17, 15) is 14.4 Å². The van der Waals surface area contributed by atoms with E-state index < -0.39 is 0 Å². The van der Waals surface area contributed by atoms with Crippen molar-refractivity contribution in [2.24, 2.45) is 0 Å². The Morgan fingerprint density at radius 1 is 1.17 bits per heavy atom. The average molecular weight is 312 g/mol. The molecule has 0 saturated carbocycles. The predicted octanol–water partition coefficient (Wildman–Crippen LogP) is 1.81. The second kappa shape index (κ2) is 5.39. The molecule has 0 bridgehead atoms. The monoisotopic (exact) mass is 312 g/mol. The molecule has 6 nitrogen and oxygen atoms in total. The van der Waals surface area contributed by atoms with Gasteiger partial charge in [-0.1, -0.05) is 6.08 Å². The molecular formula is C17H16N2O4. The molecule has 0 unspecified atom stereocenters. The van der Waals surface area contributed by atoms with Crippen LogP contribution in [-0.4, -0.2) is 30.9 Å². The molecule has 0 fully saturated rings. The van der Waals surface area contributed by atoms with E-state index in [2.05, 4.69) is 6.58 Å². The van der Waals surface area contributed by atoms with Crippen LogP contribution < -0.4 is 14.5 Å². The fourth-order valence-corrected chi connectivity index (χ4v) is 2.64. The molecule has 0 aliphatic carbocycles. The molecule has 0 radical (unpaired) electrons. The number of fused-ring (bicyclic) bond motifs is 1. The number of carbonyl (C=O) groups is 3. The maximum atomic E-state index is 12.3. The first-order valence-corrected chi connectivity index (χ1v) is 7.20. The molecule has 23 heavy (non-hydrogen) atoms. The Labute approximate surface area is 133 Å². The van der Waals surface area contributed by atoms with Gasteiger partial charge in [-0.25, -0.2) is 4.90 Å². The molecule has 0 spiro atoms. The van der Waals surface area contributed by atoms with Crippen molar-refractivity contribution in [2.45, 2.75) is 13.8 Å². The van der Waals surface area contributed by atoms with Gasteiger partial charge in [0, 0.05) is 17.7 Å². The predicted molar refractivity (Wildman–Crippen MR) is 85.4 cm³/mol. The zero-order valence-electron chi connectivity index (χ0n) is 13.0. The zero-order valence-corrected chi connectivity index (χ0v) is 13.0. The van der Waals surface area contributed by atoms with Crippen molar-refractivity contribution < 1.29 is 19.1 Å². The van der Waals surface area contributed by atoms with Crippen LogP contribution in [0.3, 0.4) is 0 Å². The number of amides is 3. The number of rotatable bonds is 3. The van der Waals surface area contributed by atoms with E-state index >= 15 is 0 Å². The molecule has 1 aromatic carbocycles. The summed E-state index contributed by atoms with van der Waals surface area (Å²) in [5.41, 5.74) is 1.81. The fourth-order valence-electron chi connectivity index (χ4n) is 2.64. The van der Waals surface area contributed by atoms with Crippen LogP contribution >= 0.6 is 0 Å². The van der Waals surface area contributed by atoms with Crippen LogP contribution in [0.15, 0.2) is 42.0 Å². The summed E-state index contributed by atoms with van der Waals surface area (Å²) in [5.74, 6) is -0.341. The Balaban J connectivity index is 2.04. The third kappa shape index (κ3) is 2.23. The largest absolute Gasteiger partial charge is 0.482 e. The molecular weight excluding hydrogens is 296 g/mol. The van der Waals surface area contributed by atoms with Gasteiger partial charge < -0.3 is 9.64 Å². The average Bonchev–Trinajstić information content (AvgIpc) is 2.73. The topological polar surface area (TPSA) is 66.9 Å². The molecule has 0 N–H and O–H groups in total. The maximum absolute atomic E-state index is 12.3. The highest BCUT2D eigenvalue weighted by atomic mass is 16.5. The Kier molecular flexibility index (Phi) is 3.52. The second-order valence-electron chi connectivity index (χ2n) is 5.43. The quantitative estimate of drug-likeness (QED) is 0.630. The summed E-state index contributed by atoms with van der Waals surface area (Å²) in [7, 11) is 0. The van der Waals surface area contributed by atoms with Crippen LogP contribution in [0.25, 0.3) is 0 Å². The summed E-state index contributed by atoms with van der Waals surface area (Å²) >= 11 is 0. The van der Waals surface area contributed by atoms with Gasteiger partial charge >= 0.3 is 0 Å². The first kappa shape index (κ1) is 15.0. The van der Waals surface area contributed by atoms with Crippen molar-refractivity contribution in [1.82, 2.24) is 0 Å². The summed E-state index contributed by atoms with van der Waals surface area (Å²) in [6.07, 6.45) is 1.61. The number of hydrogen-bond acceptors (Lipinski definition) is 4. The number of hydrogen-bond donors (Lipinski definition) is 0. The SMILES string of the molecule is C=CCN1C(=O)COc2ccc(N3C(=O)C(C)=C(C)C3=O)cc21. The van der Waals surface area contributed by atoms with E-state index in [1.165, 1.54) is 4.90 Å². The third-order valence-corrected chi connectivity index (χ3v) is 4.07. The van der Waals surface area contributed by atoms with E-state index in [0.717, 1.165) is 4.90 Å². The van der Waals surface area contributed by atoms with Crippen molar-refractivity contribution in [3.05, 3.63) is 42.0 Å². The molecule has 6 heteroatoms. The maximum Gasteiger partial charge on any atom is 0.265 e. The van der Waals surface area contributed by atoms with Crippen molar-refractivity contribution in [3.63, 3.8) is 0 Å². The highest BCUT2D eigenvalue weighted by Crippen LogP contribution is 2.37. The van der Waals surface area contributed by atoms with Crippen LogP contribution in [0.2, 0.25) is 0 Å². The molecule has 3 amide bonds. The third-order valence-electron chi connectivity index (χ3n) is 4.07. The number of ether oxygens (including phenoxy) is 1. The van der Waals surface area contributed by atoms with Crippen molar-refractivity contribution in [3.8, 4) is 5.75 Å². The number of nitrogens with zero attached hydrogens (tertiary/aromatic N) is 2. The molecule has 3 rings (SSSR count). The summed E-state index contributed by atoms with van der Waals surface area (Å²) in [6.45, 7) is 7.20. The van der Waals surface area contributed by atoms with Crippen LogP contribution in [0, 0.1) is 0 Å². The second-order valence-corrected chi connectivity index (χ2v) is 5.43. The molecule has 0 atom stereocenters. The van der Waals surface area contributed by atoms with Crippen LogP contribution in [-0.2, 0) is 14.4 Å². The van der Waals surface area contributed by atoms with Gasteiger partial charge in [0.05, 0.1) is 11.4 Å². The number of benzene rings is 1. The minimum absolute atomic E-state index is 0.0401. The van der Waals surface area contributed by atoms with Gasteiger partial charge in [0.15, 0.2) is 6.61 Å². The van der Waals surface area contributed by atoms with Gasteiger partial charge in [-0.3, -0.25) is 14.4 Å². The van der Waals surface area contributed by atoms with Crippen LogP contribution in [0.1, 0.15) is 13.8 Å². The molecule has 118 valence electrons. The molecule has 2 aliphatic rings. The minimum Gasteiger partial charge on any atom is -0.482 e. The van der Waals surface area contributed by atoms with E-state index in [4.69, 9.17) is 4.74 Å². The summed E-state index contributed by atoms with van der Waals surface area (Å²) in [6, 6.07) is 4.93. The normalized spacial score (nSPS) is 17.6. The highest BCUT2D eigenvalue weighted by molar-refractivity contribution is 6.32. The van der Waals surface area contributed by atoms with Gasteiger partial charge in [0.2, 0.25) is 0 Å². The van der Waals surface area contributed by atoms with Crippen LogP contribution in [0.4, 0.5) is 11.4 Å².